The molecule has 16 heavy (non-hydrogen) atoms. The summed E-state index contributed by atoms with van der Waals surface area (Å²) in [5.74, 6) is -2.11. The standard InChI is InChI=1S/C10H12FNO3S/c1-6(10(12)13)7-3-4-9(8(11)5-7)16(2,14)15/h3-6H,1-2H3,(H2,12,13). The van der Waals surface area contributed by atoms with E-state index in [2.05, 4.69) is 0 Å². The molecule has 0 spiro atoms. The Hall–Kier alpha value is -1.43. The molecule has 4 nitrogen and oxygen atoms in total. The number of sulfone groups is 1. The van der Waals surface area contributed by atoms with Crippen molar-refractivity contribution in [3.63, 3.8) is 0 Å². The van der Waals surface area contributed by atoms with Gasteiger partial charge < -0.3 is 5.73 Å². The summed E-state index contributed by atoms with van der Waals surface area (Å²) in [6.07, 6.45) is 0.919. The smallest absolute Gasteiger partial charge is 0.224 e. The van der Waals surface area contributed by atoms with Gasteiger partial charge in [0.05, 0.1) is 5.92 Å². The quantitative estimate of drug-likeness (QED) is 0.856. The summed E-state index contributed by atoms with van der Waals surface area (Å²) in [5, 5.41) is 0. The number of primary amides is 1. The van der Waals surface area contributed by atoms with Crippen molar-refractivity contribution in [1.82, 2.24) is 0 Å². The lowest BCUT2D eigenvalue weighted by molar-refractivity contribution is -0.119. The fourth-order valence-corrected chi connectivity index (χ4v) is 1.98. The van der Waals surface area contributed by atoms with Gasteiger partial charge >= 0.3 is 0 Å². The molecule has 0 saturated carbocycles. The van der Waals surface area contributed by atoms with Crippen LogP contribution in [-0.2, 0) is 14.6 Å². The second kappa shape index (κ2) is 4.21. The van der Waals surface area contributed by atoms with Gasteiger partial charge in [0.25, 0.3) is 0 Å². The van der Waals surface area contributed by atoms with E-state index in [1.807, 2.05) is 0 Å². The van der Waals surface area contributed by atoms with E-state index in [0.29, 0.717) is 5.56 Å². The van der Waals surface area contributed by atoms with Crippen molar-refractivity contribution in [2.75, 3.05) is 6.26 Å². The van der Waals surface area contributed by atoms with Gasteiger partial charge in [0, 0.05) is 6.26 Å². The second-order valence-electron chi connectivity index (χ2n) is 3.59. The molecule has 1 aromatic rings. The fraction of sp³-hybridized carbons (Fsp3) is 0.300. The van der Waals surface area contributed by atoms with Crippen molar-refractivity contribution in [3.05, 3.63) is 29.6 Å². The summed E-state index contributed by atoms with van der Waals surface area (Å²) in [6, 6.07) is 3.54. The van der Waals surface area contributed by atoms with Gasteiger partial charge in [0.1, 0.15) is 10.7 Å². The average molecular weight is 245 g/mol. The highest BCUT2D eigenvalue weighted by Gasteiger charge is 2.17. The van der Waals surface area contributed by atoms with Crippen molar-refractivity contribution >= 4 is 15.7 Å². The van der Waals surface area contributed by atoms with Crippen LogP contribution in [0.15, 0.2) is 23.1 Å². The molecule has 0 bridgehead atoms. The van der Waals surface area contributed by atoms with Crippen LogP contribution in [0.25, 0.3) is 0 Å². The first-order valence-corrected chi connectivity index (χ1v) is 6.41. The maximum absolute atomic E-state index is 13.4. The normalized spacial score (nSPS) is 13.4. The Morgan fingerprint density at radius 1 is 1.44 bits per heavy atom. The topological polar surface area (TPSA) is 77.2 Å². The third-order valence-corrected chi connectivity index (χ3v) is 3.41. The Morgan fingerprint density at radius 3 is 2.38 bits per heavy atom. The minimum Gasteiger partial charge on any atom is -0.369 e. The predicted molar refractivity (Wildman–Crippen MR) is 57.1 cm³/mol. The summed E-state index contributed by atoms with van der Waals surface area (Å²) in [4.78, 5) is 10.5. The number of benzene rings is 1. The van der Waals surface area contributed by atoms with Gasteiger partial charge in [-0.05, 0) is 24.6 Å². The van der Waals surface area contributed by atoms with Crippen LogP contribution in [0.2, 0.25) is 0 Å². The number of halogens is 1. The van der Waals surface area contributed by atoms with Crippen molar-refractivity contribution in [2.24, 2.45) is 5.73 Å². The molecule has 1 atom stereocenters. The number of carbonyl (C=O) groups excluding carboxylic acids is 1. The SMILES string of the molecule is CC(C(N)=O)c1ccc(S(C)(=O)=O)c(F)c1. The Kier molecular flexibility index (Phi) is 3.32. The third kappa shape index (κ3) is 2.57. The molecule has 0 aromatic heterocycles. The minimum atomic E-state index is -3.59. The molecule has 6 heteroatoms. The van der Waals surface area contributed by atoms with E-state index < -0.39 is 27.5 Å². The number of hydrogen-bond donors (Lipinski definition) is 1. The second-order valence-corrected chi connectivity index (χ2v) is 5.57. The molecule has 1 rings (SSSR count). The molecule has 2 N–H and O–H groups in total. The maximum atomic E-state index is 13.4. The van der Waals surface area contributed by atoms with Crippen LogP contribution in [0.3, 0.4) is 0 Å². The van der Waals surface area contributed by atoms with Crippen molar-refractivity contribution in [1.29, 1.82) is 0 Å². The molecule has 1 amide bonds. The maximum Gasteiger partial charge on any atom is 0.224 e. The Bertz CT molecular complexity index is 525. The van der Waals surface area contributed by atoms with Crippen LogP contribution >= 0.6 is 0 Å². The Morgan fingerprint density at radius 2 is 2.00 bits per heavy atom. The highest BCUT2D eigenvalue weighted by atomic mass is 32.2. The molecule has 1 unspecified atom stereocenters. The fourth-order valence-electron chi connectivity index (χ4n) is 1.25. The van der Waals surface area contributed by atoms with Gasteiger partial charge in [0.2, 0.25) is 5.91 Å². The van der Waals surface area contributed by atoms with E-state index >= 15 is 0 Å². The Labute approximate surface area is 93.2 Å². The molecule has 1 aromatic carbocycles. The zero-order valence-electron chi connectivity index (χ0n) is 8.90. The van der Waals surface area contributed by atoms with E-state index in [0.717, 1.165) is 18.4 Å². The van der Waals surface area contributed by atoms with Crippen LogP contribution in [0.1, 0.15) is 18.4 Å². The average Bonchev–Trinajstić information content (AvgIpc) is 2.14. The number of amides is 1. The van der Waals surface area contributed by atoms with Crippen molar-refractivity contribution in [2.45, 2.75) is 17.7 Å². The first kappa shape index (κ1) is 12.6. The van der Waals surface area contributed by atoms with Crippen molar-refractivity contribution in [3.8, 4) is 0 Å². The summed E-state index contributed by atoms with van der Waals surface area (Å²) < 4.78 is 35.7. The molecule has 0 aliphatic rings. The lowest BCUT2D eigenvalue weighted by atomic mass is 10.0. The molecule has 0 aliphatic heterocycles. The molecular formula is C10H12FNO3S. The van der Waals surface area contributed by atoms with Gasteiger partial charge in [-0.15, -0.1) is 0 Å². The zero-order valence-corrected chi connectivity index (χ0v) is 9.71. The molecule has 0 heterocycles. The van der Waals surface area contributed by atoms with Crippen LogP contribution in [0.4, 0.5) is 4.39 Å². The van der Waals surface area contributed by atoms with E-state index in [9.17, 15) is 17.6 Å². The molecule has 0 fully saturated rings. The first-order chi connectivity index (χ1) is 7.23. The number of rotatable bonds is 3. The minimum absolute atomic E-state index is 0.359. The number of carbonyl (C=O) groups is 1. The Balaban J connectivity index is 3.25. The van der Waals surface area contributed by atoms with E-state index in [-0.39, 0.29) is 4.90 Å². The van der Waals surface area contributed by atoms with Crippen molar-refractivity contribution < 1.29 is 17.6 Å². The van der Waals surface area contributed by atoms with Crippen LogP contribution in [-0.4, -0.2) is 20.6 Å². The largest absolute Gasteiger partial charge is 0.369 e. The molecule has 0 radical (unpaired) electrons. The lowest BCUT2D eigenvalue weighted by Crippen LogP contribution is -2.19. The molecule has 88 valence electrons. The van der Waals surface area contributed by atoms with Gasteiger partial charge in [0.15, 0.2) is 9.84 Å². The van der Waals surface area contributed by atoms with E-state index in [1.165, 1.54) is 13.0 Å². The van der Waals surface area contributed by atoms with Crippen LogP contribution in [0, 0.1) is 5.82 Å². The third-order valence-electron chi connectivity index (χ3n) is 2.28. The van der Waals surface area contributed by atoms with Crippen LogP contribution < -0.4 is 5.73 Å². The number of nitrogens with two attached hydrogens (primary N) is 1. The van der Waals surface area contributed by atoms with Gasteiger partial charge in [-0.25, -0.2) is 12.8 Å². The summed E-state index contributed by atoms with van der Waals surface area (Å²) in [5.41, 5.74) is 5.42. The molecule has 0 aliphatic carbocycles. The van der Waals surface area contributed by atoms with Gasteiger partial charge in [-0.2, -0.15) is 0 Å². The summed E-state index contributed by atoms with van der Waals surface area (Å²) in [7, 11) is -3.59. The van der Waals surface area contributed by atoms with E-state index in [1.54, 1.807) is 0 Å². The monoisotopic (exact) mass is 245 g/mol. The molecular weight excluding hydrogens is 233 g/mol. The van der Waals surface area contributed by atoms with E-state index in [4.69, 9.17) is 5.73 Å². The highest BCUT2D eigenvalue weighted by molar-refractivity contribution is 7.90. The predicted octanol–water partition coefficient (Wildman–Crippen LogP) is 0.818. The highest BCUT2D eigenvalue weighted by Crippen LogP contribution is 2.21. The first-order valence-electron chi connectivity index (χ1n) is 4.52. The van der Waals surface area contributed by atoms with Gasteiger partial charge in [-0.1, -0.05) is 6.07 Å². The van der Waals surface area contributed by atoms with Crippen LogP contribution in [0.5, 0.6) is 0 Å². The number of hydrogen-bond acceptors (Lipinski definition) is 3. The summed E-state index contributed by atoms with van der Waals surface area (Å²) in [6.45, 7) is 1.53. The molecule has 0 saturated heterocycles. The van der Waals surface area contributed by atoms with Gasteiger partial charge in [-0.3, -0.25) is 4.79 Å². The summed E-state index contributed by atoms with van der Waals surface area (Å²) >= 11 is 0. The lowest BCUT2D eigenvalue weighted by Gasteiger charge is -2.09. The zero-order chi connectivity index (χ0) is 12.5.